The third-order valence-corrected chi connectivity index (χ3v) is 10.5. The van der Waals surface area contributed by atoms with Crippen molar-refractivity contribution in [3.8, 4) is 0 Å². The fourth-order valence-corrected chi connectivity index (χ4v) is 8.28. The van der Waals surface area contributed by atoms with Gasteiger partial charge in [0, 0.05) is 29.9 Å². The van der Waals surface area contributed by atoms with E-state index in [2.05, 4.69) is 43.9 Å². The first-order valence-corrected chi connectivity index (χ1v) is 15.0. The second kappa shape index (κ2) is 13.2. The number of ketones is 1. The van der Waals surface area contributed by atoms with Crippen molar-refractivity contribution in [1.29, 1.82) is 0 Å². The lowest BCUT2D eigenvalue weighted by Gasteiger charge is -2.35. The van der Waals surface area contributed by atoms with Gasteiger partial charge in [-0.25, -0.2) is 0 Å². The van der Waals surface area contributed by atoms with Crippen LogP contribution in [0.1, 0.15) is 81.4 Å². The predicted molar refractivity (Wildman–Crippen MR) is 141 cm³/mol. The molecule has 0 N–H and O–H groups in total. The van der Waals surface area contributed by atoms with E-state index in [-0.39, 0.29) is 12.0 Å². The Hall–Kier alpha value is -0.980. The Morgan fingerprint density at radius 1 is 1.15 bits per heavy atom. The lowest BCUT2D eigenvalue weighted by atomic mass is 9.91. The van der Waals surface area contributed by atoms with Gasteiger partial charge in [0.25, 0.3) is 0 Å². The third-order valence-electron chi connectivity index (χ3n) is 7.14. The average molecular weight is 492 g/mol. The van der Waals surface area contributed by atoms with Crippen LogP contribution in [0.15, 0.2) is 18.2 Å². The molecule has 2 saturated heterocycles. The van der Waals surface area contributed by atoms with Crippen LogP contribution in [0.5, 0.6) is 0 Å². The molecular weight excluding hydrogens is 450 g/mol. The lowest BCUT2D eigenvalue weighted by molar-refractivity contribution is -0.144. The van der Waals surface area contributed by atoms with E-state index in [1.165, 1.54) is 35.3 Å². The number of piperidine rings is 1. The number of ether oxygens (including phenoxy) is 1. The second-order valence-corrected chi connectivity index (χ2v) is 13.0. The van der Waals surface area contributed by atoms with Gasteiger partial charge in [0.15, 0.2) is 5.78 Å². The summed E-state index contributed by atoms with van der Waals surface area (Å²) in [6.45, 7) is 8.77. The van der Waals surface area contributed by atoms with Crippen molar-refractivity contribution in [2.24, 2.45) is 0 Å². The maximum Gasteiger partial charge on any atom is 0.305 e. The van der Waals surface area contributed by atoms with Crippen molar-refractivity contribution in [3.63, 3.8) is 0 Å². The van der Waals surface area contributed by atoms with Crippen LogP contribution in [0.4, 0.5) is 0 Å². The molecule has 2 fully saturated rings. The molecule has 2 aliphatic heterocycles. The molecule has 1 unspecified atom stereocenters. The molecular formula is C27H41NO3S2. The van der Waals surface area contributed by atoms with Gasteiger partial charge in [0.2, 0.25) is 0 Å². The van der Waals surface area contributed by atoms with Crippen LogP contribution in [0.2, 0.25) is 0 Å². The van der Waals surface area contributed by atoms with E-state index in [9.17, 15) is 9.59 Å². The van der Waals surface area contributed by atoms with Crippen LogP contribution < -0.4 is 0 Å². The molecule has 0 aliphatic carbocycles. The molecule has 4 nitrogen and oxygen atoms in total. The fraction of sp³-hybridized carbons (Fsp3) is 0.704. The second-order valence-electron chi connectivity index (χ2n) is 9.95. The summed E-state index contributed by atoms with van der Waals surface area (Å²) < 4.78 is 5.89. The van der Waals surface area contributed by atoms with Gasteiger partial charge in [0.1, 0.15) is 0 Å². The summed E-state index contributed by atoms with van der Waals surface area (Å²) in [5.41, 5.74) is 3.58. The quantitative estimate of drug-likeness (QED) is 0.194. The van der Waals surface area contributed by atoms with E-state index in [1.807, 2.05) is 21.6 Å². The van der Waals surface area contributed by atoms with Gasteiger partial charge in [-0.15, -0.1) is 0 Å². The molecule has 1 aromatic carbocycles. The Bertz CT molecular complexity index is 771. The number of unbranched alkanes of at least 4 members (excludes halogenated alkanes) is 1. The van der Waals surface area contributed by atoms with Gasteiger partial charge in [-0.1, -0.05) is 52.6 Å². The van der Waals surface area contributed by atoms with Crippen LogP contribution >= 0.6 is 21.6 Å². The van der Waals surface area contributed by atoms with Crippen molar-refractivity contribution < 1.29 is 14.3 Å². The summed E-state index contributed by atoms with van der Waals surface area (Å²) in [5.74, 6) is 1.50. The van der Waals surface area contributed by atoms with E-state index >= 15 is 0 Å². The molecule has 0 spiro atoms. The number of likely N-dealkylation sites (tertiary alicyclic amines) is 1. The summed E-state index contributed by atoms with van der Waals surface area (Å²) in [6, 6.07) is 6.24. The van der Waals surface area contributed by atoms with Gasteiger partial charge in [-0.2, -0.15) is 0 Å². The number of carbonyl (C=O) groups excluding carboxylic acids is 2. The van der Waals surface area contributed by atoms with Crippen LogP contribution in [-0.4, -0.2) is 52.9 Å². The minimum atomic E-state index is -0.0742. The molecule has 2 atom stereocenters. The first-order chi connectivity index (χ1) is 15.9. The highest BCUT2D eigenvalue weighted by atomic mass is 33.1. The minimum absolute atomic E-state index is 0.00134. The van der Waals surface area contributed by atoms with Gasteiger partial charge in [0.05, 0.1) is 12.6 Å². The maximum absolute atomic E-state index is 13.2. The Morgan fingerprint density at radius 3 is 2.67 bits per heavy atom. The SMILES string of the molecule is Cc1cccc(C)c1CC(=O)C1CCCCN1CCCOC(=O)CCCC[C@]1(C)CCSS1. The van der Waals surface area contributed by atoms with Gasteiger partial charge >= 0.3 is 5.97 Å². The fourth-order valence-electron chi connectivity index (χ4n) is 4.99. The standard InChI is InChI=1S/C27H41NO3S2/c1-21-10-8-11-22(2)23(21)20-25(29)24-12-5-7-16-28(24)17-9-18-31-26(30)13-4-6-14-27(3)15-19-32-33-27/h8,10-11,24H,4-7,9,12-20H2,1-3H3/t24?,27-/m1/s1. The smallest absolute Gasteiger partial charge is 0.305 e. The van der Waals surface area contributed by atoms with Crippen molar-refractivity contribution in [1.82, 2.24) is 4.90 Å². The molecule has 2 heterocycles. The molecule has 184 valence electrons. The molecule has 0 saturated carbocycles. The third kappa shape index (κ3) is 8.32. The lowest BCUT2D eigenvalue weighted by Crippen LogP contribution is -2.46. The molecule has 2 aliphatic rings. The zero-order valence-corrected chi connectivity index (χ0v) is 22.3. The van der Waals surface area contributed by atoms with E-state index in [4.69, 9.17) is 4.74 Å². The van der Waals surface area contributed by atoms with E-state index in [0.717, 1.165) is 51.6 Å². The zero-order chi connectivity index (χ0) is 23.7. The van der Waals surface area contributed by atoms with E-state index in [0.29, 0.717) is 30.0 Å². The van der Waals surface area contributed by atoms with Gasteiger partial charge < -0.3 is 4.74 Å². The summed E-state index contributed by atoms with van der Waals surface area (Å²) in [7, 11) is 3.98. The highest BCUT2D eigenvalue weighted by Crippen LogP contribution is 2.49. The molecule has 0 radical (unpaired) electrons. The minimum Gasteiger partial charge on any atom is -0.466 e. The maximum atomic E-state index is 13.2. The molecule has 0 bridgehead atoms. The average Bonchev–Trinajstić information content (AvgIpc) is 3.23. The number of hydrogen-bond acceptors (Lipinski definition) is 6. The van der Waals surface area contributed by atoms with Crippen molar-refractivity contribution in [3.05, 3.63) is 34.9 Å². The Morgan fingerprint density at radius 2 is 1.94 bits per heavy atom. The molecule has 1 aromatic rings. The summed E-state index contributed by atoms with van der Waals surface area (Å²) in [6.07, 6.45) is 9.51. The molecule has 3 rings (SSSR count). The number of rotatable bonds is 12. The number of hydrogen-bond donors (Lipinski definition) is 0. The monoisotopic (exact) mass is 491 g/mol. The van der Waals surface area contributed by atoms with Crippen molar-refractivity contribution in [2.75, 3.05) is 25.4 Å². The highest BCUT2D eigenvalue weighted by Gasteiger charge is 2.30. The van der Waals surface area contributed by atoms with Crippen LogP contribution in [0.3, 0.4) is 0 Å². The van der Waals surface area contributed by atoms with Crippen molar-refractivity contribution >= 4 is 33.3 Å². The van der Waals surface area contributed by atoms with Crippen molar-refractivity contribution in [2.45, 2.75) is 95.8 Å². The first-order valence-electron chi connectivity index (χ1n) is 12.7. The van der Waals surface area contributed by atoms with Crippen LogP contribution in [0, 0.1) is 13.8 Å². The summed E-state index contributed by atoms with van der Waals surface area (Å²) >= 11 is 0. The Balaban J connectivity index is 1.35. The van der Waals surface area contributed by atoms with Crippen LogP contribution in [0.25, 0.3) is 0 Å². The molecule has 0 amide bonds. The Labute approximate surface area is 208 Å². The summed E-state index contributed by atoms with van der Waals surface area (Å²) in [4.78, 5) is 27.6. The van der Waals surface area contributed by atoms with Gasteiger partial charge in [-0.3, -0.25) is 14.5 Å². The van der Waals surface area contributed by atoms with E-state index in [1.54, 1.807) is 0 Å². The summed E-state index contributed by atoms with van der Waals surface area (Å²) in [5, 5.41) is 0. The zero-order valence-electron chi connectivity index (χ0n) is 20.7. The number of esters is 1. The molecule has 0 aromatic heterocycles. The molecule has 6 heteroatoms. The topological polar surface area (TPSA) is 46.6 Å². The number of Topliss-reactive ketones (excluding diaryl/α,β-unsaturated/α-hetero) is 1. The first kappa shape index (κ1) is 26.6. The normalized spacial score (nSPS) is 23.5. The Kier molecular flexibility index (Phi) is 10.6. The largest absolute Gasteiger partial charge is 0.466 e. The number of nitrogens with zero attached hydrogens (tertiary/aromatic N) is 1. The predicted octanol–water partition coefficient (Wildman–Crippen LogP) is 6.31. The number of aryl methyl sites for hydroxylation is 2. The molecule has 33 heavy (non-hydrogen) atoms. The number of carbonyl (C=O) groups is 2. The van der Waals surface area contributed by atoms with Gasteiger partial charge in [-0.05, 0) is 82.5 Å². The number of benzene rings is 1. The highest BCUT2D eigenvalue weighted by molar-refractivity contribution is 8.77. The van der Waals surface area contributed by atoms with Crippen LogP contribution in [-0.2, 0) is 20.7 Å². The van der Waals surface area contributed by atoms with E-state index < -0.39 is 0 Å².